The second-order valence-electron chi connectivity index (χ2n) is 7.32. The molecule has 3 rings (SSSR count). The summed E-state index contributed by atoms with van der Waals surface area (Å²) in [4.78, 5) is 0. The molecule has 0 aliphatic carbocycles. The summed E-state index contributed by atoms with van der Waals surface area (Å²) in [6.45, 7) is 10.3. The van der Waals surface area contributed by atoms with Crippen LogP contribution in [0.2, 0.25) is 0 Å². The van der Waals surface area contributed by atoms with Gasteiger partial charge in [-0.3, -0.25) is 0 Å². The zero-order chi connectivity index (χ0) is 14.5. The van der Waals surface area contributed by atoms with E-state index in [2.05, 4.69) is 26.1 Å². The topological polar surface area (TPSA) is 52.7 Å². The van der Waals surface area contributed by atoms with Crippen LogP contribution in [0.3, 0.4) is 0 Å². The molecule has 0 amide bonds. The first-order chi connectivity index (χ1) is 9.33. The standard InChI is InChI=1S/C14H27N3O2S/c1-11-5-4-6-16(9-11)20(18,19)17-10-12-7-15-8-13(12)14(17,2)3/h11-13,15H,4-10H2,1-3H3. The van der Waals surface area contributed by atoms with Crippen LogP contribution < -0.4 is 5.32 Å². The van der Waals surface area contributed by atoms with E-state index in [1.165, 1.54) is 0 Å². The van der Waals surface area contributed by atoms with Crippen LogP contribution >= 0.6 is 0 Å². The van der Waals surface area contributed by atoms with Crippen LogP contribution in [-0.2, 0) is 10.2 Å². The SMILES string of the molecule is CC1CCCN(S(=O)(=O)N2CC3CNCC3C2(C)C)C1. The lowest BCUT2D eigenvalue weighted by molar-refractivity contribution is 0.201. The van der Waals surface area contributed by atoms with E-state index in [9.17, 15) is 8.42 Å². The minimum absolute atomic E-state index is 0.270. The highest BCUT2D eigenvalue weighted by atomic mass is 32.2. The summed E-state index contributed by atoms with van der Waals surface area (Å²) in [5.41, 5.74) is -0.270. The first kappa shape index (κ1) is 14.8. The molecule has 3 aliphatic rings. The zero-order valence-electron chi connectivity index (χ0n) is 12.8. The summed E-state index contributed by atoms with van der Waals surface area (Å²) < 4.78 is 29.5. The average molecular weight is 301 g/mol. The third-order valence-electron chi connectivity index (χ3n) is 5.51. The van der Waals surface area contributed by atoms with Crippen LogP contribution in [0.15, 0.2) is 0 Å². The van der Waals surface area contributed by atoms with E-state index in [-0.39, 0.29) is 5.54 Å². The minimum atomic E-state index is -3.31. The van der Waals surface area contributed by atoms with Crippen LogP contribution in [0.5, 0.6) is 0 Å². The Morgan fingerprint density at radius 2 is 1.95 bits per heavy atom. The molecule has 3 fully saturated rings. The van der Waals surface area contributed by atoms with Gasteiger partial charge in [0.15, 0.2) is 0 Å². The summed E-state index contributed by atoms with van der Waals surface area (Å²) in [5.74, 6) is 1.40. The highest BCUT2D eigenvalue weighted by Crippen LogP contribution is 2.43. The summed E-state index contributed by atoms with van der Waals surface area (Å²) in [6.07, 6.45) is 2.13. The fraction of sp³-hybridized carbons (Fsp3) is 1.00. The quantitative estimate of drug-likeness (QED) is 0.824. The second-order valence-corrected chi connectivity index (χ2v) is 9.18. The summed E-state index contributed by atoms with van der Waals surface area (Å²) in [6, 6.07) is 0. The third kappa shape index (κ3) is 2.21. The maximum atomic E-state index is 13.0. The number of nitrogens with one attached hydrogen (secondary N) is 1. The predicted octanol–water partition coefficient (Wildman–Crippen LogP) is 0.893. The highest BCUT2D eigenvalue weighted by molar-refractivity contribution is 7.86. The lowest BCUT2D eigenvalue weighted by Gasteiger charge is -2.39. The smallest absolute Gasteiger partial charge is 0.282 e. The zero-order valence-corrected chi connectivity index (χ0v) is 13.6. The van der Waals surface area contributed by atoms with Gasteiger partial charge in [0, 0.05) is 31.7 Å². The Labute approximate surface area is 122 Å². The lowest BCUT2D eigenvalue weighted by atomic mass is 9.85. The van der Waals surface area contributed by atoms with E-state index < -0.39 is 10.2 Å². The molecule has 3 saturated heterocycles. The van der Waals surface area contributed by atoms with Gasteiger partial charge in [-0.2, -0.15) is 17.0 Å². The Morgan fingerprint density at radius 1 is 1.20 bits per heavy atom. The fourth-order valence-corrected chi connectivity index (χ4v) is 6.46. The van der Waals surface area contributed by atoms with Crippen LogP contribution in [0, 0.1) is 17.8 Å². The molecule has 3 aliphatic heterocycles. The van der Waals surface area contributed by atoms with E-state index in [0.717, 1.165) is 25.9 Å². The largest absolute Gasteiger partial charge is 0.316 e. The van der Waals surface area contributed by atoms with Gasteiger partial charge >= 0.3 is 0 Å². The molecule has 5 nitrogen and oxygen atoms in total. The van der Waals surface area contributed by atoms with Crippen LogP contribution in [0.1, 0.15) is 33.6 Å². The van der Waals surface area contributed by atoms with Crippen LogP contribution in [-0.4, -0.2) is 55.3 Å². The van der Waals surface area contributed by atoms with E-state index in [4.69, 9.17) is 0 Å². The minimum Gasteiger partial charge on any atom is -0.316 e. The molecule has 116 valence electrons. The van der Waals surface area contributed by atoms with Crippen molar-refractivity contribution in [3.63, 3.8) is 0 Å². The van der Waals surface area contributed by atoms with Crippen molar-refractivity contribution in [2.24, 2.45) is 17.8 Å². The van der Waals surface area contributed by atoms with Gasteiger partial charge in [-0.05, 0) is 51.0 Å². The fourth-order valence-electron chi connectivity index (χ4n) is 4.27. The maximum absolute atomic E-state index is 13.0. The van der Waals surface area contributed by atoms with Gasteiger partial charge in [0.1, 0.15) is 0 Å². The van der Waals surface area contributed by atoms with Gasteiger partial charge in [0.2, 0.25) is 0 Å². The molecular weight excluding hydrogens is 274 g/mol. The van der Waals surface area contributed by atoms with Gasteiger partial charge in [0.25, 0.3) is 10.2 Å². The van der Waals surface area contributed by atoms with E-state index in [1.54, 1.807) is 8.61 Å². The number of nitrogens with zero attached hydrogens (tertiary/aromatic N) is 2. The Kier molecular flexibility index (Phi) is 3.64. The molecule has 0 spiro atoms. The van der Waals surface area contributed by atoms with E-state index in [0.29, 0.717) is 37.4 Å². The molecule has 3 heterocycles. The average Bonchev–Trinajstić information content (AvgIpc) is 2.92. The molecule has 0 radical (unpaired) electrons. The predicted molar refractivity (Wildman–Crippen MR) is 79.5 cm³/mol. The van der Waals surface area contributed by atoms with Crippen LogP contribution in [0.25, 0.3) is 0 Å². The van der Waals surface area contributed by atoms with Crippen molar-refractivity contribution in [3.05, 3.63) is 0 Å². The third-order valence-corrected chi connectivity index (χ3v) is 7.68. The van der Waals surface area contributed by atoms with Crippen molar-refractivity contribution in [3.8, 4) is 0 Å². The first-order valence-electron chi connectivity index (χ1n) is 7.82. The normalized spacial score (nSPS) is 39.0. The van der Waals surface area contributed by atoms with Crippen molar-refractivity contribution in [2.45, 2.75) is 39.2 Å². The number of fused-ring (bicyclic) bond motifs is 1. The molecule has 0 aromatic carbocycles. The van der Waals surface area contributed by atoms with E-state index >= 15 is 0 Å². The first-order valence-corrected chi connectivity index (χ1v) is 9.22. The van der Waals surface area contributed by atoms with Crippen molar-refractivity contribution >= 4 is 10.2 Å². The Bertz CT molecular complexity index is 477. The summed E-state index contributed by atoms with van der Waals surface area (Å²) >= 11 is 0. The highest BCUT2D eigenvalue weighted by Gasteiger charge is 2.55. The molecule has 20 heavy (non-hydrogen) atoms. The Hall–Kier alpha value is -0.170. The van der Waals surface area contributed by atoms with Gasteiger partial charge in [0.05, 0.1) is 0 Å². The lowest BCUT2D eigenvalue weighted by Crippen LogP contribution is -2.54. The molecule has 0 aromatic heterocycles. The van der Waals surface area contributed by atoms with Crippen molar-refractivity contribution in [1.29, 1.82) is 0 Å². The number of hydrogen-bond donors (Lipinski definition) is 1. The van der Waals surface area contributed by atoms with E-state index in [1.807, 2.05) is 0 Å². The number of hydrogen-bond acceptors (Lipinski definition) is 3. The molecule has 0 saturated carbocycles. The van der Waals surface area contributed by atoms with Crippen molar-refractivity contribution < 1.29 is 8.42 Å². The van der Waals surface area contributed by atoms with Crippen LogP contribution in [0.4, 0.5) is 0 Å². The van der Waals surface area contributed by atoms with Crippen molar-refractivity contribution in [1.82, 2.24) is 13.9 Å². The van der Waals surface area contributed by atoms with Gasteiger partial charge in [-0.15, -0.1) is 0 Å². The second kappa shape index (κ2) is 4.93. The molecule has 3 unspecified atom stereocenters. The number of piperidine rings is 1. The van der Waals surface area contributed by atoms with Gasteiger partial charge in [-0.1, -0.05) is 6.92 Å². The van der Waals surface area contributed by atoms with Gasteiger partial charge in [-0.25, -0.2) is 0 Å². The van der Waals surface area contributed by atoms with Gasteiger partial charge < -0.3 is 5.32 Å². The molecule has 6 heteroatoms. The van der Waals surface area contributed by atoms with Crippen molar-refractivity contribution in [2.75, 3.05) is 32.7 Å². The molecule has 1 N–H and O–H groups in total. The summed E-state index contributed by atoms with van der Waals surface area (Å²) in [5, 5.41) is 3.40. The molecule has 0 bridgehead atoms. The molecule has 0 aromatic rings. The molecular formula is C14H27N3O2S. The Balaban J connectivity index is 1.84. The monoisotopic (exact) mass is 301 g/mol. The summed E-state index contributed by atoms with van der Waals surface area (Å²) in [7, 11) is -3.31. The molecule has 3 atom stereocenters. The Morgan fingerprint density at radius 3 is 2.60 bits per heavy atom. The number of rotatable bonds is 2. The maximum Gasteiger partial charge on any atom is 0.282 e.